The van der Waals surface area contributed by atoms with Gasteiger partial charge in [-0.1, -0.05) is 12.1 Å². The second-order valence-corrected chi connectivity index (χ2v) is 7.35. The Bertz CT molecular complexity index is 1370. The summed E-state index contributed by atoms with van der Waals surface area (Å²) >= 11 is 0. The summed E-state index contributed by atoms with van der Waals surface area (Å²) in [6.45, 7) is 0.229. The van der Waals surface area contributed by atoms with Gasteiger partial charge >= 0.3 is 5.69 Å². The van der Waals surface area contributed by atoms with Gasteiger partial charge in [-0.3, -0.25) is 24.1 Å². The molecule has 0 radical (unpaired) electrons. The molecule has 164 valence electrons. The van der Waals surface area contributed by atoms with Gasteiger partial charge in [-0.05, 0) is 47.5 Å². The summed E-state index contributed by atoms with van der Waals surface area (Å²) in [6.07, 6.45) is 5.04. The van der Waals surface area contributed by atoms with Crippen LogP contribution in [0.15, 0.2) is 76.1 Å². The highest BCUT2D eigenvalue weighted by molar-refractivity contribution is 5.98. The van der Waals surface area contributed by atoms with Crippen molar-refractivity contribution in [2.24, 2.45) is 12.9 Å². The van der Waals surface area contributed by atoms with Crippen LogP contribution in [0.1, 0.15) is 15.9 Å². The predicted octanol–water partition coefficient (Wildman–Crippen LogP) is 0.709. The summed E-state index contributed by atoms with van der Waals surface area (Å²) in [4.78, 5) is 38.5. The van der Waals surface area contributed by atoms with Gasteiger partial charge in [0.1, 0.15) is 5.82 Å². The molecule has 0 aliphatic carbocycles. The molecule has 10 heteroatoms. The average Bonchev–Trinajstić information content (AvgIpc) is 2.79. The predicted molar refractivity (Wildman–Crippen MR) is 118 cm³/mol. The Kier molecular flexibility index (Phi) is 5.61. The maximum absolute atomic E-state index is 13.2. The van der Waals surface area contributed by atoms with Crippen LogP contribution in [0.5, 0.6) is 0 Å². The Morgan fingerprint density at radius 1 is 1.16 bits per heavy atom. The molecule has 1 aromatic heterocycles. The van der Waals surface area contributed by atoms with Gasteiger partial charge < -0.3 is 5.32 Å². The molecule has 0 bridgehead atoms. The summed E-state index contributed by atoms with van der Waals surface area (Å²) in [5, 5.41) is 4.28. The molecular weight excluding hydrogens is 415 g/mol. The van der Waals surface area contributed by atoms with E-state index in [-0.39, 0.29) is 29.9 Å². The molecule has 2 heterocycles. The van der Waals surface area contributed by atoms with E-state index >= 15 is 0 Å². The van der Waals surface area contributed by atoms with Crippen LogP contribution in [0.3, 0.4) is 0 Å². The summed E-state index contributed by atoms with van der Waals surface area (Å²) in [6, 6.07) is 10.2. The van der Waals surface area contributed by atoms with Gasteiger partial charge in [0.15, 0.2) is 0 Å². The van der Waals surface area contributed by atoms with Crippen LogP contribution in [0, 0.1) is 5.82 Å². The monoisotopic (exact) mass is 436 g/mol. The molecule has 0 spiro atoms. The average molecular weight is 436 g/mol. The molecule has 2 aromatic carbocycles. The van der Waals surface area contributed by atoms with Crippen molar-refractivity contribution < 1.29 is 9.18 Å². The topological polar surface area (TPSA) is 114 Å². The van der Waals surface area contributed by atoms with E-state index in [1.165, 1.54) is 40.0 Å². The highest BCUT2D eigenvalue weighted by atomic mass is 19.1. The number of nitrogens with two attached hydrogens (primary N) is 1. The van der Waals surface area contributed by atoms with Crippen molar-refractivity contribution in [1.82, 2.24) is 25.0 Å². The molecule has 0 saturated carbocycles. The Labute approximate surface area is 181 Å². The molecule has 1 aliphatic heterocycles. The van der Waals surface area contributed by atoms with Crippen molar-refractivity contribution in [3.05, 3.63) is 104 Å². The van der Waals surface area contributed by atoms with Crippen molar-refractivity contribution in [2.45, 2.75) is 6.54 Å². The third-order valence-electron chi connectivity index (χ3n) is 5.15. The molecular formula is C22H21FN6O3. The first kappa shape index (κ1) is 21.1. The van der Waals surface area contributed by atoms with Crippen LogP contribution >= 0.6 is 0 Å². The number of carbonyl (C=O) groups is 1. The summed E-state index contributed by atoms with van der Waals surface area (Å²) in [5.74, 6) is 4.84. The lowest BCUT2D eigenvalue weighted by molar-refractivity contribution is 0.0957. The number of hydrogen-bond donors (Lipinski definition) is 3. The number of carbonyl (C=O) groups excluding carboxylic acids is 1. The summed E-state index contributed by atoms with van der Waals surface area (Å²) < 4.78 is 15.6. The number of nitrogens with one attached hydrogen (secondary N) is 2. The number of aryl methyl sites for hydroxylation is 1. The largest absolute Gasteiger partial charge is 0.348 e. The van der Waals surface area contributed by atoms with Crippen LogP contribution in [0.4, 0.5) is 4.39 Å². The Balaban J connectivity index is 1.66. The van der Waals surface area contributed by atoms with Gasteiger partial charge in [-0.2, -0.15) is 0 Å². The molecule has 0 atom stereocenters. The molecule has 0 saturated heterocycles. The second-order valence-electron chi connectivity index (χ2n) is 7.35. The number of benzene rings is 2. The lowest BCUT2D eigenvalue weighted by Crippen LogP contribution is -2.39. The van der Waals surface area contributed by atoms with Crippen molar-refractivity contribution >= 4 is 16.8 Å². The van der Waals surface area contributed by atoms with E-state index in [2.05, 4.69) is 10.7 Å². The van der Waals surface area contributed by atoms with Crippen molar-refractivity contribution in [2.75, 3.05) is 6.54 Å². The number of nitrogens with zero attached hydrogens (tertiary/aromatic N) is 3. The maximum atomic E-state index is 13.2. The zero-order chi connectivity index (χ0) is 22.8. The SMILES string of the molecule is Cn1c(=O)n(Cc2ccc(F)cc2)c(=O)c2cc(C(=O)NCC3=CN(N)NC=C3)ccc21. The molecule has 0 unspecified atom stereocenters. The molecule has 4 N–H and O–H groups in total. The fourth-order valence-electron chi connectivity index (χ4n) is 3.45. The highest BCUT2D eigenvalue weighted by Crippen LogP contribution is 2.12. The zero-order valence-corrected chi connectivity index (χ0v) is 17.2. The van der Waals surface area contributed by atoms with Gasteiger partial charge in [0, 0.05) is 31.6 Å². The first-order valence-corrected chi connectivity index (χ1v) is 9.77. The van der Waals surface area contributed by atoms with E-state index in [4.69, 9.17) is 5.84 Å². The van der Waals surface area contributed by atoms with Crippen molar-refractivity contribution in [3.8, 4) is 0 Å². The molecule has 0 fully saturated rings. The first-order chi connectivity index (χ1) is 15.3. The zero-order valence-electron chi connectivity index (χ0n) is 17.2. The Morgan fingerprint density at radius 3 is 2.62 bits per heavy atom. The standard InChI is InChI=1S/C22H21FN6O3/c1-27-19-7-4-16(20(30)25-11-15-8-9-26-29(24)13-15)10-18(19)21(31)28(22(27)32)12-14-2-5-17(23)6-3-14/h2-10,13,26H,11-12,24H2,1H3,(H,25,30). The third-order valence-corrected chi connectivity index (χ3v) is 5.15. The number of hydrogen-bond acceptors (Lipinski definition) is 6. The second kappa shape index (κ2) is 8.52. The third kappa shape index (κ3) is 4.16. The normalized spacial score (nSPS) is 13.1. The highest BCUT2D eigenvalue weighted by Gasteiger charge is 2.15. The fourth-order valence-corrected chi connectivity index (χ4v) is 3.45. The van der Waals surface area contributed by atoms with Gasteiger partial charge in [0.25, 0.3) is 11.5 Å². The van der Waals surface area contributed by atoms with E-state index in [0.29, 0.717) is 11.1 Å². The molecule has 1 amide bonds. The Hall–Kier alpha value is -4.18. The van der Waals surface area contributed by atoms with E-state index < -0.39 is 17.1 Å². The minimum atomic E-state index is -0.523. The van der Waals surface area contributed by atoms with E-state index in [1.54, 1.807) is 37.7 Å². The van der Waals surface area contributed by atoms with Gasteiger partial charge in [-0.25, -0.2) is 20.1 Å². The summed E-state index contributed by atoms with van der Waals surface area (Å²) in [5.41, 5.74) is 3.81. The number of hydrazine groups is 2. The number of halogens is 1. The van der Waals surface area contributed by atoms with Gasteiger partial charge in [-0.15, -0.1) is 0 Å². The van der Waals surface area contributed by atoms with Gasteiger partial charge in [0.05, 0.1) is 17.4 Å². The smallest absolute Gasteiger partial charge is 0.331 e. The molecule has 4 rings (SSSR count). The number of aromatic nitrogens is 2. The molecule has 32 heavy (non-hydrogen) atoms. The van der Waals surface area contributed by atoms with Crippen molar-refractivity contribution in [3.63, 3.8) is 0 Å². The quantitative estimate of drug-likeness (QED) is 0.508. The van der Waals surface area contributed by atoms with Crippen LogP contribution < -0.4 is 27.8 Å². The van der Waals surface area contributed by atoms with E-state index in [9.17, 15) is 18.8 Å². The van der Waals surface area contributed by atoms with E-state index in [0.717, 1.165) is 10.1 Å². The van der Waals surface area contributed by atoms with E-state index in [1.807, 2.05) is 0 Å². The minimum absolute atomic E-state index is 0.0116. The molecule has 1 aliphatic rings. The van der Waals surface area contributed by atoms with Crippen molar-refractivity contribution in [1.29, 1.82) is 0 Å². The van der Waals surface area contributed by atoms with Gasteiger partial charge in [0.2, 0.25) is 0 Å². The minimum Gasteiger partial charge on any atom is -0.348 e. The molecule has 3 aromatic rings. The molecule has 9 nitrogen and oxygen atoms in total. The fraction of sp³-hybridized carbons (Fsp3) is 0.136. The maximum Gasteiger partial charge on any atom is 0.331 e. The van der Waals surface area contributed by atoms with Crippen LogP contribution in [-0.2, 0) is 13.6 Å². The van der Waals surface area contributed by atoms with Crippen LogP contribution in [-0.4, -0.2) is 26.7 Å². The summed E-state index contributed by atoms with van der Waals surface area (Å²) in [7, 11) is 1.56. The van der Waals surface area contributed by atoms with Crippen LogP contribution in [0.25, 0.3) is 10.9 Å². The lowest BCUT2D eigenvalue weighted by Gasteiger charge is -2.19. The number of amides is 1. The first-order valence-electron chi connectivity index (χ1n) is 9.77. The lowest BCUT2D eigenvalue weighted by atomic mass is 10.1. The number of fused-ring (bicyclic) bond motifs is 1. The van der Waals surface area contributed by atoms with Crippen LogP contribution in [0.2, 0.25) is 0 Å². The Morgan fingerprint density at radius 2 is 1.91 bits per heavy atom. The number of rotatable bonds is 5.